The number of amides is 1. The molecule has 0 N–H and O–H groups in total. The molecule has 2 aliphatic heterocycles. The first-order valence-electron chi connectivity index (χ1n) is 21.3. The Morgan fingerprint density at radius 2 is 1.59 bits per heavy atom. The third-order valence-electron chi connectivity index (χ3n) is 12.4. The number of carbonyl (C=O) groups is 1. The largest absolute Gasteiger partial charge is 0.496 e. The van der Waals surface area contributed by atoms with E-state index >= 15 is 9.70 Å². The molecule has 0 aliphatic carbocycles. The Kier molecular flexibility index (Phi) is 12.9. The van der Waals surface area contributed by atoms with Crippen LogP contribution in [0, 0.1) is 30.1 Å². The SMILES string of the molecule is COc1cc(-c2cc([N+](=O)N(Cc3cccc(OC)c3C)c3ccc(OCc4ccccc4)cc3)c(C)n2C)c(C(=O)N2Cc3ccccc3CC2CN2CCOCC2)cc1C#N. The smallest absolute Gasteiger partial charge is 0.313 e. The maximum atomic E-state index is 15.2. The lowest BCUT2D eigenvalue weighted by Gasteiger charge is -2.40. The molecule has 3 heterocycles. The van der Waals surface area contributed by atoms with Crippen LogP contribution in [0.4, 0.5) is 11.4 Å². The molecule has 1 unspecified atom stereocenters. The van der Waals surface area contributed by atoms with Crippen LogP contribution in [0.2, 0.25) is 0 Å². The van der Waals surface area contributed by atoms with E-state index in [1.54, 1.807) is 24.3 Å². The van der Waals surface area contributed by atoms with Gasteiger partial charge in [-0.2, -0.15) is 5.26 Å². The van der Waals surface area contributed by atoms with Crippen molar-refractivity contribution in [2.45, 2.75) is 46.0 Å². The van der Waals surface area contributed by atoms with Crippen molar-refractivity contribution in [2.24, 2.45) is 7.05 Å². The van der Waals surface area contributed by atoms with E-state index in [9.17, 15) is 5.26 Å². The van der Waals surface area contributed by atoms with Gasteiger partial charge in [-0.3, -0.25) is 9.69 Å². The van der Waals surface area contributed by atoms with Crippen molar-refractivity contribution >= 4 is 17.3 Å². The molecule has 1 amide bonds. The molecule has 322 valence electrons. The van der Waals surface area contributed by atoms with Crippen molar-refractivity contribution in [1.82, 2.24) is 14.4 Å². The lowest BCUT2D eigenvalue weighted by molar-refractivity contribution is -0.480. The average Bonchev–Trinajstić information content (AvgIpc) is 3.62. The Bertz CT molecular complexity index is 2650. The molecule has 12 nitrogen and oxygen atoms in total. The molecule has 1 fully saturated rings. The molecule has 5 aromatic carbocycles. The van der Waals surface area contributed by atoms with E-state index < -0.39 is 0 Å². The number of benzene rings is 5. The van der Waals surface area contributed by atoms with Gasteiger partial charge in [0.1, 0.15) is 42.2 Å². The number of methoxy groups -OCH3 is 2. The summed E-state index contributed by atoms with van der Waals surface area (Å²) in [7, 11) is 5.03. The van der Waals surface area contributed by atoms with Crippen LogP contribution >= 0.6 is 0 Å². The van der Waals surface area contributed by atoms with E-state index in [1.165, 1.54) is 12.7 Å². The van der Waals surface area contributed by atoms with Gasteiger partial charge in [0.25, 0.3) is 5.91 Å². The number of nitriles is 1. The number of hydrazine groups is 1. The predicted molar refractivity (Wildman–Crippen MR) is 242 cm³/mol. The lowest BCUT2D eigenvalue weighted by atomic mass is 9.91. The molecule has 63 heavy (non-hydrogen) atoms. The van der Waals surface area contributed by atoms with Crippen molar-refractivity contribution in [3.63, 3.8) is 0 Å². The highest BCUT2D eigenvalue weighted by Gasteiger charge is 2.36. The fraction of sp³-hybridized carbons (Fsp3) is 0.294. The first-order valence-corrected chi connectivity index (χ1v) is 21.3. The third kappa shape index (κ3) is 9.02. The minimum Gasteiger partial charge on any atom is -0.496 e. The van der Waals surface area contributed by atoms with Crippen LogP contribution in [0.3, 0.4) is 0 Å². The summed E-state index contributed by atoms with van der Waals surface area (Å²) in [6, 6.07) is 38.9. The number of hydrogen-bond acceptors (Lipinski definition) is 8. The first-order chi connectivity index (χ1) is 30.7. The highest BCUT2D eigenvalue weighted by molar-refractivity contribution is 6.02. The molecule has 8 rings (SSSR count). The van der Waals surface area contributed by atoms with Crippen molar-refractivity contribution < 1.29 is 28.6 Å². The number of morpholine rings is 1. The number of ether oxygens (including phenoxy) is 4. The second-order valence-electron chi connectivity index (χ2n) is 16.1. The molecule has 2 aliphatic rings. The maximum Gasteiger partial charge on any atom is 0.313 e. The third-order valence-corrected chi connectivity index (χ3v) is 12.4. The minimum absolute atomic E-state index is 0.113. The number of hydrogen-bond donors (Lipinski definition) is 0. The summed E-state index contributed by atoms with van der Waals surface area (Å²) in [6.07, 6.45) is 0.706. The van der Waals surface area contributed by atoms with Crippen molar-refractivity contribution in [1.29, 1.82) is 5.26 Å². The average molecular weight is 846 g/mol. The van der Waals surface area contributed by atoms with E-state index in [1.807, 2.05) is 121 Å². The quantitative estimate of drug-likeness (QED) is 0.0785. The summed E-state index contributed by atoms with van der Waals surface area (Å²) in [5, 5.41) is 12.0. The number of fused-ring (bicyclic) bond motifs is 1. The zero-order valence-electron chi connectivity index (χ0n) is 36.5. The van der Waals surface area contributed by atoms with Crippen molar-refractivity contribution in [2.75, 3.05) is 52.1 Å². The van der Waals surface area contributed by atoms with Crippen LogP contribution in [0.15, 0.2) is 115 Å². The summed E-state index contributed by atoms with van der Waals surface area (Å²) in [5.74, 6) is 1.54. The van der Waals surface area contributed by atoms with Crippen LogP contribution in [-0.4, -0.2) is 78.3 Å². The van der Waals surface area contributed by atoms with E-state index in [0.717, 1.165) is 46.0 Å². The zero-order valence-corrected chi connectivity index (χ0v) is 36.5. The van der Waals surface area contributed by atoms with Gasteiger partial charge in [0.15, 0.2) is 4.87 Å². The summed E-state index contributed by atoms with van der Waals surface area (Å²) in [6.45, 7) is 8.55. The molecule has 1 aromatic heterocycles. The molecule has 1 saturated heterocycles. The Balaban J connectivity index is 1.18. The zero-order chi connectivity index (χ0) is 44.0. The van der Waals surface area contributed by atoms with Gasteiger partial charge in [-0.25, -0.2) is 0 Å². The highest BCUT2D eigenvalue weighted by Crippen LogP contribution is 2.39. The number of rotatable bonds is 14. The molecule has 12 heteroatoms. The van der Waals surface area contributed by atoms with Crippen LogP contribution < -0.4 is 19.2 Å². The molecule has 0 radical (unpaired) electrons. The van der Waals surface area contributed by atoms with Gasteiger partial charge in [-0.1, -0.05) is 71.7 Å². The lowest BCUT2D eigenvalue weighted by Crippen LogP contribution is -2.52. The normalized spacial score (nSPS) is 15.0. The number of carbonyl (C=O) groups excluding carboxylic acids is 1. The van der Waals surface area contributed by atoms with Gasteiger partial charge in [0.2, 0.25) is 0 Å². The summed E-state index contributed by atoms with van der Waals surface area (Å²) in [4.78, 5) is 35.5. The standard InChI is InChI=1S/C51H53N6O6/c1-35-39(16-11-17-49(35)60-4)32-56(42-18-20-44(21-19-42)63-34-37-12-7-6-8-13-37)57(59)47-29-48(53(3)36(47)2)45-28-50(61-5)41(30-52)27-46(45)51(58)55-31-40-15-10-9-14-38(40)26-43(55)33-54-22-24-62-25-23-54/h6-21,27-29,43H,22-26,31-34H2,1-5H3/q+1. The minimum atomic E-state index is -0.194. The summed E-state index contributed by atoms with van der Waals surface area (Å²) < 4.78 is 25.1. The Labute approximate surface area is 368 Å². The van der Waals surface area contributed by atoms with E-state index in [2.05, 4.69) is 23.1 Å². The Morgan fingerprint density at radius 1 is 0.873 bits per heavy atom. The molecule has 6 aromatic rings. The van der Waals surface area contributed by atoms with Crippen LogP contribution in [0.1, 0.15) is 49.4 Å². The van der Waals surface area contributed by atoms with Crippen molar-refractivity contribution in [3.05, 3.63) is 165 Å². The maximum absolute atomic E-state index is 15.2. The van der Waals surface area contributed by atoms with Gasteiger partial charge in [0, 0.05) is 50.9 Å². The first kappa shape index (κ1) is 42.7. The number of nitrogens with zero attached hydrogens (tertiary/aromatic N) is 6. The van der Waals surface area contributed by atoms with E-state index in [0.29, 0.717) is 84.7 Å². The van der Waals surface area contributed by atoms with Gasteiger partial charge in [-0.05, 0) is 90.6 Å². The van der Waals surface area contributed by atoms with Crippen molar-refractivity contribution in [3.8, 4) is 34.6 Å². The second-order valence-corrected chi connectivity index (χ2v) is 16.1. The molecular weight excluding hydrogens is 793 g/mol. The monoisotopic (exact) mass is 845 g/mol. The molecule has 1 atom stereocenters. The topological polar surface area (TPSA) is 113 Å². The van der Waals surface area contributed by atoms with Crippen LogP contribution in [-0.2, 0) is 37.9 Å². The molecular formula is C51H53N6O6+. The van der Waals surface area contributed by atoms with Gasteiger partial charge >= 0.3 is 5.69 Å². The van der Waals surface area contributed by atoms with Gasteiger partial charge in [0.05, 0.1) is 54.9 Å². The Morgan fingerprint density at radius 3 is 2.30 bits per heavy atom. The number of aromatic nitrogens is 1. The Hall–Kier alpha value is -6.94. The van der Waals surface area contributed by atoms with Crippen LogP contribution in [0.5, 0.6) is 17.2 Å². The molecule has 0 saturated carbocycles. The number of anilines is 1. The van der Waals surface area contributed by atoms with Crippen LogP contribution in [0.25, 0.3) is 11.3 Å². The fourth-order valence-electron chi connectivity index (χ4n) is 8.64. The second kappa shape index (κ2) is 19.0. The van der Waals surface area contributed by atoms with Gasteiger partial charge < -0.3 is 28.4 Å². The summed E-state index contributed by atoms with van der Waals surface area (Å²) in [5.41, 5.74) is 8.71. The summed E-state index contributed by atoms with van der Waals surface area (Å²) >= 11 is 0. The van der Waals surface area contributed by atoms with E-state index in [4.69, 9.17) is 18.9 Å². The predicted octanol–water partition coefficient (Wildman–Crippen LogP) is 8.71. The molecule has 0 spiro atoms. The highest BCUT2D eigenvalue weighted by atomic mass is 16.5. The fourth-order valence-corrected chi connectivity index (χ4v) is 8.64. The molecule has 0 bridgehead atoms. The van der Waals surface area contributed by atoms with Gasteiger partial charge in [-0.15, -0.1) is 0 Å². The van der Waals surface area contributed by atoms with E-state index in [-0.39, 0.29) is 24.1 Å². The number of nitroso groups, excluding NO2 is 1.